The third-order valence-electron chi connectivity index (χ3n) is 5.87. The van der Waals surface area contributed by atoms with Crippen molar-refractivity contribution in [3.63, 3.8) is 0 Å². The topological polar surface area (TPSA) is 105 Å². The zero-order chi connectivity index (χ0) is 26.4. The van der Waals surface area contributed by atoms with Crippen molar-refractivity contribution >= 4 is 29.5 Å². The molecule has 194 valence electrons. The van der Waals surface area contributed by atoms with Gasteiger partial charge < -0.3 is 15.4 Å². The molecule has 0 radical (unpaired) electrons. The molecule has 0 bridgehead atoms. The van der Waals surface area contributed by atoms with Gasteiger partial charge in [-0.25, -0.2) is 9.80 Å². The molecule has 1 aliphatic heterocycles. The highest BCUT2D eigenvalue weighted by Gasteiger charge is 2.37. The maximum absolute atomic E-state index is 13.5. The molecule has 35 heavy (non-hydrogen) atoms. The first kappa shape index (κ1) is 28.7. The SMILES string of the molecule is CC(=O)OC[C@@](C)(/C=C/[C@@H]1CCCN1C(=O)N(NC(=O)C(C)N)C(C)(C)C)Cc1cccc(Cl)c1. The number of amides is 3. The number of halogens is 1. The first-order chi connectivity index (χ1) is 16.2. The lowest BCUT2D eigenvalue weighted by Gasteiger charge is -2.39. The average molecular weight is 507 g/mol. The van der Waals surface area contributed by atoms with Gasteiger partial charge in [0.15, 0.2) is 0 Å². The minimum absolute atomic E-state index is 0.157. The van der Waals surface area contributed by atoms with Gasteiger partial charge in [0, 0.05) is 23.9 Å². The third kappa shape index (κ3) is 8.54. The standard InChI is InChI=1S/C26H39ClN4O4/c1-18(28)23(33)29-31(25(3,4)5)24(34)30-14-8-11-22(30)12-13-26(6,17-35-19(2)32)16-20-9-7-10-21(27)15-20/h7,9-10,12-13,15,18,22H,8,11,14,16-17,28H2,1-6H3,(H,29,33)/b13-12+/t18?,22-,26-/m0/s1. The van der Waals surface area contributed by atoms with Crippen LogP contribution in [0.2, 0.25) is 5.02 Å². The zero-order valence-electron chi connectivity index (χ0n) is 21.6. The van der Waals surface area contributed by atoms with E-state index >= 15 is 0 Å². The predicted molar refractivity (Wildman–Crippen MR) is 138 cm³/mol. The molecule has 8 nitrogen and oxygen atoms in total. The van der Waals surface area contributed by atoms with Crippen molar-refractivity contribution in [1.29, 1.82) is 0 Å². The lowest BCUT2D eigenvalue weighted by Crippen LogP contribution is -2.62. The van der Waals surface area contributed by atoms with Crippen molar-refractivity contribution < 1.29 is 19.1 Å². The molecule has 1 aliphatic rings. The lowest BCUT2D eigenvalue weighted by atomic mass is 9.83. The molecular weight excluding hydrogens is 468 g/mol. The van der Waals surface area contributed by atoms with Crippen LogP contribution in [0.1, 0.15) is 59.9 Å². The molecule has 1 saturated heterocycles. The minimum atomic E-state index is -0.740. The zero-order valence-corrected chi connectivity index (χ0v) is 22.4. The fraction of sp³-hybridized carbons (Fsp3) is 0.577. The lowest BCUT2D eigenvalue weighted by molar-refractivity contribution is -0.143. The number of benzene rings is 1. The van der Waals surface area contributed by atoms with E-state index in [1.807, 2.05) is 64.1 Å². The van der Waals surface area contributed by atoms with E-state index in [2.05, 4.69) is 5.43 Å². The summed E-state index contributed by atoms with van der Waals surface area (Å²) < 4.78 is 5.38. The highest BCUT2D eigenvalue weighted by molar-refractivity contribution is 6.30. The molecule has 1 heterocycles. The van der Waals surface area contributed by atoms with Gasteiger partial charge in [0.25, 0.3) is 5.91 Å². The molecular formula is C26H39ClN4O4. The number of hydrogen-bond donors (Lipinski definition) is 2. The summed E-state index contributed by atoms with van der Waals surface area (Å²) in [6.07, 6.45) is 6.27. The maximum Gasteiger partial charge on any atom is 0.339 e. The highest BCUT2D eigenvalue weighted by atomic mass is 35.5. The number of ether oxygens (including phenoxy) is 1. The normalized spacial score (nSPS) is 18.7. The van der Waals surface area contributed by atoms with Crippen LogP contribution in [-0.2, 0) is 20.7 Å². The van der Waals surface area contributed by atoms with Crippen LogP contribution in [0, 0.1) is 5.41 Å². The van der Waals surface area contributed by atoms with Crippen LogP contribution >= 0.6 is 11.6 Å². The predicted octanol–water partition coefficient (Wildman–Crippen LogP) is 4.07. The van der Waals surface area contributed by atoms with Gasteiger partial charge in [-0.15, -0.1) is 0 Å². The molecule has 1 fully saturated rings. The Labute approximate surface area is 213 Å². The van der Waals surface area contributed by atoms with E-state index in [4.69, 9.17) is 22.1 Å². The van der Waals surface area contributed by atoms with Crippen LogP contribution in [0.4, 0.5) is 4.79 Å². The van der Waals surface area contributed by atoms with E-state index in [0.717, 1.165) is 18.4 Å². The van der Waals surface area contributed by atoms with Gasteiger partial charge in [-0.05, 0) is 64.7 Å². The Hall–Kier alpha value is -2.58. The third-order valence-corrected chi connectivity index (χ3v) is 6.10. The highest BCUT2D eigenvalue weighted by Crippen LogP contribution is 2.29. The van der Waals surface area contributed by atoms with E-state index in [0.29, 0.717) is 18.0 Å². The number of hydrazine groups is 1. The Morgan fingerprint density at radius 2 is 2.00 bits per heavy atom. The Morgan fingerprint density at radius 3 is 2.57 bits per heavy atom. The summed E-state index contributed by atoms with van der Waals surface area (Å²) in [7, 11) is 0. The van der Waals surface area contributed by atoms with Crippen molar-refractivity contribution in [2.24, 2.45) is 11.1 Å². The number of likely N-dealkylation sites (tertiary alicyclic amines) is 1. The van der Waals surface area contributed by atoms with Gasteiger partial charge in [0.1, 0.15) is 6.61 Å². The van der Waals surface area contributed by atoms with Crippen LogP contribution < -0.4 is 11.2 Å². The smallest absolute Gasteiger partial charge is 0.339 e. The number of rotatable bonds is 7. The summed E-state index contributed by atoms with van der Waals surface area (Å²) in [6.45, 7) is 11.3. The molecule has 3 N–H and O–H groups in total. The molecule has 0 aromatic heterocycles. The van der Waals surface area contributed by atoms with Crippen molar-refractivity contribution in [1.82, 2.24) is 15.3 Å². The van der Waals surface area contributed by atoms with E-state index in [1.165, 1.54) is 11.9 Å². The van der Waals surface area contributed by atoms with E-state index in [-0.39, 0.29) is 24.6 Å². The number of urea groups is 1. The Balaban J connectivity index is 2.26. The van der Waals surface area contributed by atoms with E-state index in [1.54, 1.807) is 11.8 Å². The number of nitrogens with zero attached hydrogens (tertiary/aromatic N) is 2. The molecule has 0 saturated carbocycles. The first-order valence-electron chi connectivity index (χ1n) is 12.0. The van der Waals surface area contributed by atoms with Gasteiger partial charge in [-0.2, -0.15) is 0 Å². The summed E-state index contributed by atoms with van der Waals surface area (Å²) in [5.41, 5.74) is 8.27. The van der Waals surface area contributed by atoms with Crippen LogP contribution in [0.5, 0.6) is 0 Å². The summed E-state index contributed by atoms with van der Waals surface area (Å²) in [6, 6.07) is 6.41. The van der Waals surface area contributed by atoms with Gasteiger partial charge in [0.05, 0.1) is 17.6 Å². The Morgan fingerprint density at radius 1 is 1.31 bits per heavy atom. The molecule has 1 aromatic carbocycles. The Kier molecular flexibility index (Phi) is 9.75. The van der Waals surface area contributed by atoms with E-state index < -0.39 is 22.9 Å². The summed E-state index contributed by atoms with van der Waals surface area (Å²) in [5.74, 6) is -0.769. The van der Waals surface area contributed by atoms with Crippen LogP contribution in [-0.4, -0.2) is 58.6 Å². The molecule has 9 heteroatoms. The van der Waals surface area contributed by atoms with Crippen molar-refractivity contribution in [3.05, 3.63) is 47.0 Å². The second kappa shape index (κ2) is 11.9. The summed E-state index contributed by atoms with van der Waals surface area (Å²) in [4.78, 5) is 39.1. The Bertz CT molecular complexity index is 944. The van der Waals surface area contributed by atoms with Crippen LogP contribution in [0.25, 0.3) is 0 Å². The number of carbonyl (C=O) groups is 3. The fourth-order valence-electron chi connectivity index (χ4n) is 3.95. The molecule has 3 atom stereocenters. The second-order valence-electron chi connectivity index (χ2n) is 10.6. The molecule has 2 rings (SSSR count). The number of hydrogen-bond acceptors (Lipinski definition) is 5. The van der Waals surface area contributed by atoms with Crippen molar-refractivity contribution in [2.75, 3.05) is 13.2 Å². The number of nitrogens with two attached hydrogens (primary N) is 1. The average Bonchev–Trinajstić information content (AvgIpc) is 3.22. The number of esters is 1. The van der Waals surface area contributed by atoms with E-state index in [9.17, 15) is 14.4 Å². The molecule has 1 aromatic rings. The second-order valence-corrected chi connectivity index (χ2v) is 11.0. The maximum atomic E-state index is 13.5. The number of nitrogens with one attached hydrogen (secondary N) is 1. The quantitative estimate of drug-likeness (QED) is 0.329. The molecule has 0 aliphatic carbocycles. The minimum Gasteiger partial charge on any atom is -0.465 e. The van der Waals surface area contributed by atoms with Crippen LogP contribution in [0.15, 0.2) is 36.4 Å². The monoisotopic (exact) mass is 506 g/mol. The van der Waals surface area contributed by atoms with Gasteiger partial charge >= 0.3 is 12.0 Å². The van der Waals surface area contributed by atoms with Crippen molar-refractivity contribution in [3.8, 4) is 0 Å². The molecule has 0 spiro atoms. The number of carbonyl (C=O) groups excluding carboxylic acids is 3. The van der Waals surface area contributed by atoms with Crippen LogP contribution in [0.3, 0.4) is 0 Å². The van der Waals surface area contributed by atoms with Gasteiger partial charge in [0.2, 0.25) is 0 Å². The molecule has 3 amide bonds. The fourth-order valence-corrected chi connectivity index (χ4v) is 4.17. The summed E-state index contributed by atoms with van der Waals surface area (Å²) in [5, 5.41) is 2.00. The first-order valence-corrected chi connectivity index (χ1v) is 12.3. The van der Waals surface area contributed by atoms with Crippen molar-refractivity contribution in [2.45, 2.75) is 78.4 Å². The van der Waals surface area contributed by atoms with Gasteiger partial charge in [-0.1, -0.05) is 42.8 Å². The van der Waals surface area contributed by atoms with Gasteiger partial charge in [-0.3, -0.25) is 15.0 Å². The molecule has 1 unspecified atom stereocenters. The summed E-state index contributed by atoms with van der Waals surface area (Å²) >= 11 is 6.17. The largest absolute Gasteiger partial charge is 0.465 e.